The van der Waals surface area contributed by atoms with Crippen molar-refractivity contribution in [2.75, 3.05) is 27.0 Å². The molecular weight excluding hydrogens is 404 g/mol. The number of carbonyl (C=O) groups is 1. The second-order valence-electron chi connectivity index (χ2n) is 6.32. The van der Waals surface area contributed by atoms with Crippen molar-refractivity contribution in [3.05, 3.63) is 29.3 Å². The molecule has 0 bridgehead atoms. The van der Waals surface area contributed by atoms with Crippen LogP contribution in [0.1, 0.15) is 18.5 Å². The summed E-state index contributed by atoms with van der Waals surface area (Å²) in [6.07, 6.45) is 2.21. The lowest BCUT2D eigenvalue weighted by Crippen LogP contribution is -2.40. The van der Waals surface area contributed by atoms with E-state index < -0.39 is 22.0 Å². The molecule has 28 heavy (non-hydrogen) atoms. The predicted molar refractivity (Wildman–Crippen MR) is 105 cm³/mol. The molecule has 0 spiro atoms. The third-order valence-electron chi connectivity index (χ3n) is 4.45. The van der Waals surface area contributed by atoms with Gasteiger partial charge in [-0.25, -0.2) is 13.4 Å². The average molecular weight is 427 g/mol. The Kier molecular flexibility index (Phi) is 6.21. The number of ether oxygens (including phenoxy) is 3. The van der Waals surface area contributed by atoms with Gasteiger partial charge in [0.05, 0.1) is 31.7 Å². The lowest BCUT2D eigenvalue weighted by Gasteiger charge is -2.20. The van der Waals surface area contributed by atoms with Gasteiger partial charge >= 0.3 is 5.97 Å². The molecule has 1 fully saturated rings. The second kappa shape index (κ2) is 8.46. The fourth-order valence-corrected chi connectivity index (χ4v) is 5.11. The van der Waals surface area contributed by atoms with Crippen molar-refractivity contribution >= 4 is 27.3 Å². The highest BCUT2D eigenvalue weighted by molar-refractivity contribution is 7.88. The Morgan fingerprint density at radius 1 is 1.32 bits per heavy atom. The Bertz CT molecular complexity index is 957. The molecule has 152 valence electrons. The van der Waals surface area contributed by atoms with Crippen LogP contribution < -0.4 is 9.47 Å². The lowest BCUT2D eigenvalue weighted by molar-refractivity contribution is -0.148. The summed E-state index contributed by atoms with van der Waals surface area (Å²) in [4.78, 5) is 16.9. The molecule has 2 heterocycles. The Balaban J connectivity index is 1.70. The van der Waals surface area contributed by atoms with E-state index in [2.05, 4.69) is 4.98 Å². The molecule has 0 aliphatic carbocycles. The lowest BCUT2D eigenvalue weighted by atomic mass is 10.2. The highest BCUT2D eigenvalue weighted by atomic mass is 32.2. The van der Waals surface area contributed by atoms with Crippen LogP contribution in [0.4, 0.5) is 0 Å². The number of hydrogen-bond donors (Lipinski definition) is 0. The zero-order valence-corrected chi connectivity index (χ0v) is 17.5. The molecule has 0 saturated carbocycles. The number of thiazole rings is 1. The van der Waals surface area contributed by atoms with Crippen LogP contribution in [-0.2, 0) is 26.2 Å². The second-order valence-corrected chi connectivity index (χ2v) is 9.12. The molecule has 3 rings (SSSR count). The molecular formula is C18H22N2O6S2. The fraction of sp³-hybridized carbons (Fsp3) is 0.444. The summed E-state index contributed by atoms with van der Waals surface area (Å²) in [7, 11) is -0.304. The number of benzene rings is 1. The van der Waals surface area contributed by atoms with Crippen LogP contribution in [0, 0.1) is 0 Å². The maximum atomic E-state index is 12.3. The van der Waals surface area contributed by atoms with E-state index in [-0.39, 0.29) is 6.61 Å². The van der Waals surface area contributed by atoms with Gasteiger partial charge in [-0.2, -0.15) is 4.31 Å². The first-order chi connectivity index (χ1) is 13.3. The van der Waals surface area contributed by atoms with Crippen LogP contribution in [0.15, 0.2) is 23.6 Å². The summed E-state index contributed by atoms with van der Waals surface area (Å²) in [6.45, 7) is 0.324. The van der Waals surface area contributed by atoms with Crippen molar-refractivity contribution in [2.45, 2.75) is 25.5 Å². The van der Waals surface area contributed by atoms with Crippen molar-refractivity contribution in [2.24, 2.45) is 0 Å². The van der Waals surface area contributed by atoms with Crippen molar-refractivity contribution < 1.29 is 27.4 Å². The van der Waals surface area contributed by atoms with Gasteiger partial charge in [-0.1, -0.05) is 6.07 Å². The summed E-state index contributed by atoms with van der Waals surface area (Å²) in [5, 5.41) is 2.50. The topological polar surface area (TPSA) is 95.0 Å². The summed E-state index contributed by atoms with van der Waals surface area (Å²) >= 11 is 1.40. The maximum absolute atomic E-state index is 12.3. The minimum Gasteiger partial charge on any atom is -0.493 e. The molecule has 8 nitrogen and oxygen atoms in total. The molecule has 1 saturated heterocycles. The zero-order valence-electron chi connectivity index (χ0n) is 15.9. The van der Waals surface area contributed by atoms with Gasteiger partial charge in [0, 0.05) is 11.9 Å². The molecule has 1 unspecified atom stereocenters. The monoisotopic (exact) mass is 426 g/mol. The number of esters is 1. The van der Waals surface area contributed by atoms with Gasteiger partial charge < -0.3 is 14.2 Å². The molecule has 0 N–H and O–H groups in total. The Hall–Kier alpha value is -2.17. The number of nitrogens with zero attached hydrogens (tertiary/aromatic N) is 2. The smallest absolute Gasteiger partial charge is 0.324 e. The summed E-state index contributed by atoms with van der Waals surface area (Å²) in [5.41, 5.74) is 1.37. The highest BCUT2D eigenvalue weighted by Gasteiger charge is 2.37. The van der Waals surface area contributed by atoms with Gasteiger partial charge in [-0.15, -0.1) is 11.3 Å². The number of sulfonamides is 1. The number of methoxy groups -OCH3 is 2. The van der Waals surface area contributed by atoms with Crippen molar-refractivity contribution in [3.8, 4) is 22.1 Å². The van der Waals surface area contributed by atoms with Crippen LogP contribution in [0.3, 0.4) is 0 Å². The van der Waals surface area contributed by atoms with Gasteiger partial charge in [0.15, 0.2) is 11.5 Å². The molecule has 0 amide bonds. The molecule has 0 radical (unpaired) electrons. The van der Waals surface area contributed by atoms with Crippen LogP contribution in [-0.4, -0.2) is 56.7 Å². The fourth-order valence-electron chi connectivity index (χ4n) is 3.17. The molecule has 2 aromatic rings. The molecule has 1 atom stereocenters. The number of hydrogen-bond acceptors (Lipinski definition) is 8. The van der Waals surface area contributed by atoms with Crippen LogP contribution in [0.2, 0.25) is 0 Å². The van der Waals surface area contributed by atoms with E-state index in [4.69, 9.17) is 14.2 Å². The first-order valence-electron chi connectivity index (χ1n) is 8.64. The number of para-hydroxylation sites is 1. The highest BCUT2D eigenvalue weighted by Crippen LogP contribution is 2.39. The summed E-state index contributed by atoms with van der Waals surface area (Å²) in [6, 6.07) is 4.76. The van der Waals surface area contributed by atoms with Crippen molar-refractivity contribution in [3.63, 3.8) is 0 Å². The van der Waals surface area contributed by atoms with Gasteiger partial charge in [0.2, 0.25) is 10.0 Å². The molecule has 1 aromatic heterocycles. The SMILES string of the molecule is COc1cccc(-c2nc(COC(=O)C3CCCN3S(C)(=O)=O)cs2)c1OC. The van der Waals surface area contributed by atoms with E-state index in [0.29, 0.717) is 41.6 Å². The summed E-state index contributed by atoms with van der Waals surface area (Å²) in [5.74, 6) is 0.638. The van der Waals surface area contributed by atoms with E-state index in [1.807, 2.05) is 12.1 Å². The maximum Gasteiger partial charge on any atom is 0.324 e. The van der Waals surface area contributed by atoms with Crippen molar-refractivity contribution in [1.29, 1.82) is 0 Å². The number of carbonyl (C=O) groups excluding carboxylic acids is 1. The largest absolute Gasteiger partial charge is 0.493 e. The van der Waals surface area contributed by atoms with Crippen LogP contribution in [0.5, 0.6) is 11.5 Å². The zero-order chi connectivity index (χ0) is 20.3. The summed E-state index contributed by atoms with van der Waals surface area (Å²) < 4.78 is 40.8. The van der Waals surface area contributed by atoms with Crippen molar-refractivity contribution in [1.82, 2.24) is 9.29 Å². The van der Waals surface area contributed by atoms with E-state index in [1.54, 1.807) is 25.7 Å². The Labute approximate surface area is 168 Å². The molecule has 1 aromatic carbocycles. The average Bonchev–Trinajstić information content (AvgIpc) is 3.34. The molecule has 10 heteroatoms. The molecule has 1 aliphatic rings. The first-order valence-corrected chi connectivity index (χ1v) is 11.4. The Morgan fingerprint density at radius 3 is 2.79 bits per heavy atom. The van der Waals surface area contributed by atoms with E-state index >= 15 is 0 Å². The van der Waals surface area contributed by atoms with Crippen LogP contribution in [0.25, 0.3) is 10.6 Å². The third-order valence-corrected chi connectivity index (χ3v) is 6.66. The quantitative estimate of drug-likeness (QED) is 0.627. The Morgan fingerprint density at radius 2 is 2.11 bits per heavy atom. The number of aromatic nitrogens is 1. The van der Waals surface area contributed by atoms with Gasteiger partial charge in [0.25, 0.3) is 0 Å². The predicted octanol–water partition coefficient (Wildman–Crippen LogP) is 2.29. The minimum atomic E-state index is -3.43. The standard InChI is InChI=1S/C18H22N2O6S2/c1-24-15-8-4-6-13(16(15)25-2)17-19-12(11-27-17)10-26-18(21)14-7-5-9-20(14)28(3,22)23/h4,6,8,11,14H,5,7,9-10H2,1-3H3. The van der Waals surface area contributed by atoms with Gasteiger partial charge in [-0.05, 0) is 25.0 Å². The van der Waals surface area contributed by atoms with E-state index in [1.165, 1.54) is 15.6 Å². The molecule has 1 aliphatic heterocycles. The van der Waals surface area contributed by atoms with E-state index in [0.717, 1.165) is 11.8 Å². The first kappa shape index (κ1) is 20.6. The number of rotatable bonds is 7. The van der Waals surface area contributed by atoms with E-state index in [9.17, 15) is 13.2 Å². The van der Waals surface area contributed by atoms with Gasteiger partial charge in [-0.3, -0.25) is 4.79 Å². The normalized spacial score (nSPS) is 17.5. The minimum absolute atomic E-state index is 0.0181. The van der Waals surface area contributed by atoms with Gasteiger partial charge in [0.1, 0.15) is 17.7 Å². The van der Waals surface area contributed by atoms with Crippen LogP contribution >= 0.6 is 11.3 Å². The third kappa shape index (κ3) is 4.29.